The van der Waals surface area contributed by atoms with Crippen molar-refractivity contribution in [2.45, 2.75) is 52.4 Å². The van der Waals surface area contributed by atoms with Crippen LogP contribution in [0.5, 0.6) is 0 Å². The molecular weight excluding hydrogens is 361 g/mol. The fourth-order valence-electron chi connectivity index (χ4n) is 3.18. The Bertz CT molecular complexity index is 868. The van der Waals surface area contributed by atoms with E-state index < -0.39 is 17.5 Å². The number of nitrogens with one attached hydrogen (secondary N) is 1. The molecule has 2 aromatic rings. The minimum Gasteiger partial charge on any atom is -0.448 e. The van der Waals surface area contributed by atoms with Crippen molar-refractivity contribution in [3.63, 3.8) is 0 Å². The van der Waals surface area contributed by atoms with Crippen molar-refractivity contribution in [2.75, 3.05) is 23.3 Å². The van der Waals surface area contributed by atoms with E-state index in [1.807, 2.05) is 18.7 Å². The van der Waals surface area contributed by atoms with Crippen LogP contribution in [0.1, 0.15) is 79.1 Å². The molecule has 0 bridgehead atoms. The number of carbonyl (C=O) groups is 2. The number of hydrogen-bond acceptors (Lipinski definition) is 5. The third-order valence-electron chi connectivity index (χ3n) is 4.72. The Morgan fingerprint density at radius 1 is 1.25 bits per heavy atom. The van der Waals surface area contributed by atoms with E-state index in [9.17, 15) is 14.0 Å². The number of anilines is 2. The van der Waals surface area contributed by atoms with Gasteiger partial charge in [0.05, 0.1) is 16.9 Å². The van der Waals surface area contributed by atoms with Crippen molar-refractivity contribution in [1.29, 1.82) is 0 Å². The molecule has 0 unspecified atom stereocenters. The number of carbonyl (C=O) groups excluding carboxylic acids is 2. The summed E-state index contributed by atoms with van der Waals surface area (Å²) < 4.78 is 19.9. The van der Waals surface area contributed by atoms with Crippen LogP contribution in [-0.4, -0.2) is 29.8 Å². The van der Waals surface area contributed by atoms with Crippen molar-refractivity contribution in [1.82, 2.24) is 4.98 Å². The molecule has 28 heavy (non-hydrogen) atoms. The number of aromatic nitrogens is 1. The van der Waals surface area contributed by atoms with Crippen LogP contribution in [-0.2, 0) is 0 Å². The predicted molar refractivity (Wildman–Crippen MR) is 106 cm³/mol. The van der Waals surface area contributed by atoms with Gasteiger partial charge in [-0.1, -0.05) is 13.8 Å². The van der Waals surface area contributed by atoms with E-state index in [1.54, 1.807) is 0 Å². The van der Waals surface area contributed by atoms with Crippen molar-refractivity contribution >= 4 is 23.1 Å². The third kappa shape index (κ3) is 4.40. The standard InChI is InChI=1S/C21H26FN3O3/c1-4-8-25(9-5-2)19-11-16(22)15(13(3)26)10-17(19)23-20(27)18-12-28-21(24-18)14-6-7-14/h10-12,14H,4-9H2,1-3H3,(H,23,27). The molecule has 0 saturated heterocycles. The Labute approximate surface area is 164 Å². The Balaban J connectivity index is 1.94. The summed E-state index contributed by atoms with van der Waals surface area (Å²) in [6.07, 6.45) is 5.13. The van der Waals surface area contributed by atoms with Crippen LogP contribution in [0.25, 0.3) is 0 Å². The number of halogens is 1. The van der Waals surface area contributed by atoms with Crippen LogP contribution in [0, 0.1) is 5.82 Å². The summed E-state index contributed by atoms with van der Waals surface area (Å²) in [7, 11) is 0. The first-order valence-electron chi connectivity index (χ1n) is 9.80. The lowest BCUT2D eigenvalue weighted by atomic mass is 10.1. The van der Waals surface area contributed by atoms with Crippen molar-refractivity contribution in [2.24, 2.45) is 0 Å². The second-order valence-electron chi connectivity index (χ2n) is 7.19. The van der Waals surface area contributed by atoms with E-state index in [4.69, 9.17) is 4.42 Å². The fraction of sp³-hybridized carbons (Fsp3) is 0.476. The highest BCUT2D eigenvalue weighted by Gasteiger charge is 2.29. The lowest BCUT2D eigenvalue weighted by molar-refractivity contribution is 0.100. The summed E-state index contributed by atoms with van der Waals surface area (Å²) in [5.41, 5.74) is 1.09. The maximum absolute atomic E-state index is 14.5. The van der Waals surface area contributed by atoms with Crippen LogP contribution in [0.3, 0.4) is 0 Å². The van der Waals surface area contributed by atoms with Gasteiger partial charge in [-0.25, -0.2) is 9.37 Å². The maximum atomic E-state index is 14.5. The number of nitrogens with zero attached hydrogens (tertiary/aromatic N) is 2. The zero-order valence-electron chi connectivity index (χ0n) is 16.5. The van der Waals surface area contributed by atoms with E-state index in [2.05, 4.69) is 10.3 Å². The molecule has 7 heteroatoms. The fourth-order valence-corrected chi connectivity index (χ4v) is 3.18. The minimum absolute atomic E-state index is 0.0502. The molecule has 0 spiro atoms. The summed E-state index contributed by atoms with van der Waals surface area (Å²) in [4.78, 5) is 30.8. The van der Waals surface area contributed by atoms with Crippen LogP contribution < -0.4 is 10.2 Å². The molecule has 1 saturated carbocycles. The molecule has 1 aromatic carbocycles. The molecular formula is C21H26FN3O3. The Morgan fingerprint density at radius 2 is 1.93 bits per heavy atom. The van der Waals surface area contributed by atoms with Gasteiger partial charge >= 0.3 is 0 Å². The summed E-state index contributed by atoms with van der Waals surface area (Å²) in [6, 6.07) is 2.74. The van der Waals surface area contributed by atoms with Crippen LogP contribution in [0.2, 0.25) is 0 Å². The topological polar surface area (TPSA) is 75.4 Å². The average Bonchev–Trinajstić information content (AvgIpc) is 3.39. The molecule has 0 radical (unpaired) electrons. The Kier molecular flexibility index (Phi) is 6.11. The molecule has 1 aliphatic rings. The van der Waals surface area contributed by atoms with Gasteiger partial charge in [-0.3, -0.25) is 9.59 Å². The number of Topliss-reactive ketones (excluding diaryl/α,β-unsaturated/α-hetero) is 1. The van der Waals surface area contributed by atoms with E-state index in [0.717, 1.165) is 25.7 Å². The highest BCUT2D eigenvalue weighted by Crippen LogP contribution is 2.39. The minimum atomic E-state index is -0.588. The first-order valence-corrected chi connectivity index (χ1v) is 9.80. The van der Waals surface area contributed by atoms with E-state index in [1.165, 1.54) is 25.3 Å². The molecule has 1 N–H and O–H groups in total. The lowest BCUT2D eigenvalue weighted by Gasteiger charge is -2.27. The predicted octanol–water partition coefficient (Wildman–Crippen LogP) is 4.77. The SMILES string of the molecule is CCCN(CCC)c1cc(F)c(C(C)=O)cc1NC(=O)c1coc(C2CC2)n1. The largest absolute Gasteiger partial charge is 0.448 e. The van der Waals surface area contributed by atoms with Crippen LogP contribution in [0.15, 0.2) is 22.8 Å². The summed E-state index contributed by atoms with van der Waals surface area (Å²) in [5, 5.41) is 2.80. The molecule has 1 fully saturated rings. The molecule has 1 heterocycles. The van der Waals surface area contributed by atoms with Gasteiger partial charge in [-0.05, 0) is 38.7 Å². The Hall–Kier alpha value is -2.70. The quantitative estimate of drug-likeness (QED) is 0.627. The molecule has 1 aromatic heterocycles. The van der Waals surface area contributed by atoms with Gasteiger partial charge in [0.25, 0.3) is 5.91 Å². The van der Waals surface area contributed by atoms with E-state index >= 15 is 0 Å². The number of benzene rings is 1. The van der Waals surface area contributed by atoms with Gasteiger partial charge in [-0.15, -0.1) is 0 Å². The molecule has 6 nitrogen and oxygen atoms in total. The highest BCUT2D eigenvalue weighted by atomic mass is 19.1. The average molecular weight is 387 g/mol. The number of amides is 1. The van der Waals surface area contributed by atoms with Gasteiger partial charge in [0, 0.05) is 25.1 Å². The summed E-state index contributed by atoms with van der Waals surface area (Å²) >= 11 is 0. The first-order chi connectivity index (χ1) is 13.4. The number of rotatable bonds is 9. The van der Waals surface area contributed by atoms with Crippen LogP contribution >= 0.6 is 0 Å². The zero-order chi connectivity index (χ0) is 20.3. The molecule has 1 amide bonds. The summed E-state index contributed by atoms with van der Waals surface area (Å²) in [5.74, 6) is -0.542. The molecule has 3 rings (SSSR count). The van der Waals surface area contributed by atoms with E-state index in [-0.39, 0.29) is 11.3 Å². The lowest BCUT2D eigenvalue weighted by Crippen LogP contribution is -2.27. The normalized spacial score (nSPS) is 13.4. The van der Waals surface area contributed by atoms with Crippen molar-refractivity contribution in [3.05, 3.63) is 41.4 Å². The number of ketones is 1. The van der Waals surface area contributed by atoms with Crippen LogP contribution in [0.4, 0.5) is 15.8 Å². The first kappa shape index (κ1) is 20.0. The second kappa shape index (κ2) is 8.54. The molecule has 0 aliphatic heterocycles. The zero-order valence-corrected chi connectivity index (χ0v) is 16.5. The summed E-state index contributed by atoms with van der Waals surface area (Å²) in [6.45, 7) is 6.81. The van der Waals surface area contributed by atoms with E-state index in [0.29, 0.717) is 36.3 Å². The van der Waals surface area contributed by atoms with Gasteiger partial charge in [0.15, 0.2) is 17.4 Å². The molecule has 0 atom stereocenters. The maximum Gasteiger partial charge on any atom is 0.277 e. The number of oxazole rings is 1. The molecule has 1 aliphatic carbocycles. The highest BCUT2D eigenvalue weighted by molar-refractivity contribution is 6.06. The van der Waals surface area contributed by atoms with Gasteiger partial charge in [-0.2, -0.15) is 0 Å². The van der Waals surface area contributed by atoms with Gasteiger partial charge in [0.1, 0.15) is 12.1 Å². The third-order valence-corrected chi connectivity index (χ3v) is 4.72. The smallest absolute Gasteiger partial charge is 0.277 e. The number of hydrogen-bond donors (Lipinski definition) is 1. The van der Waals surface area contributed by atoms with Crippen molar-refractivity contribution < 1.29 is 18.4 Å². The monoisotopic (exact) mass is 387 g/mol. The Morgan fingerprint density at radius 3 is 2.50 bits per heavy atom. The molecule has 150 valence electrons. The second-order valence-corrected chi connectivity index (χ2v) is 7.19. The van der Waals surface area contributed by atoms with Gasteiger partial charge < -0.3 is 14.6 Å². The van der Waals surface area contributed by atoms with Crippen molar-refractivity contribution in [3.8, 4) is 0 Å². The van der Waals surface area contributed by atoms with Gasteiger partial charge in [0.2, 0.25) is 0 Å².